The number of rotatable bonds is 7. The Bertz CT molecular complexity index is 661. The molecule has 2 atom stereocenters. The normalized spacial score (nSPS) is 23.8. The molecule has 0 unspecified atom stereocenters. The minimum Gasteiger partial charge on any atom is -0.378 e. The molecule has 0 radical (unpaired) electrons. The summed E-state index contributed by atoms with van der Waals surface area (Å²) in [6.07, 6.45) is 6.55. The van der Waals surface area contributed by atoms with E-state index in [1.807, 2.05) is 23.8 Å². The zero-order valence-electron chi connectivity index (χ0n) is 15.0. The smallest absolute Gasteiger partial charge is 0.108 e. The molecule has 2 heterocycles. The Morgan fingerprint density at radius 3 is 2.96 bits per heavy atom. The molecular formula is C20H27ClN2OS. The molecule has 1 aliphatic heterocycles. The van der Waals surface area contributed by atoms with Crippen molar-refractivity contribution in [1.82, 2.24) is 4.98 Å². The lowest BCUT2D eigenvalue weighted by atomic mass is 9.69. The maximum Gasteiger partial charge on any atom is 0.108 e. The van der Waals surface area contributed by atoms with Gasteiger partial charge in [-0.05, 0) is 48.6 Å². The van der Waals surface area contributed by atoms with Crippen LogP contribution in [0.5, 0.6) is 0 Å². The number of ether oxygens (including phenoxy) is 1. The summed E-state index contributed by atoms with van der Waals surface area (Å²) in [6.45, 7) is 6.31. The van der Waals surface area contributed by atoms with E-state index in [-0.39, 0.29) is 5.41 Å². The van der Waals surface area contributed by atoms with Gasteiger partial charge in [0.1, 0.15) is 5.00 Å². The maximum absolute atomic E-state index is 6.47. The molecule has 1 aromatic heterocycles. The summed E-state index contributed by atoms with van der Waals surface area (Å²) in [7, 11) is 0. The summed E-state index contributed by atoms with van der Waals surface area (Å²) in [4.78, 5) is 4.14. The average Bonchev–Trinajstić information content (AvgIpc) is 3.11. The monoisotopic (exact) mass is 378 g/mol. The largest absolute Gasteiger partial charge is 0.378 e. The first-order valence-corrected chi connectivity index (χ1v) is 10.3. The van der Waals surface area contributed by atoms with E-state index < -0.39 is 0 Å². The van der Waals surface area contributed by atoms with Crippen molar-refractivity contribution in [3.8, 4) is 0 Å². The number of benzene rings is 1. The van der Waals surface area contributed by atoms with E-state index in [9.17, 15) is 0 Å². The van der Waals surface area contributed by atoms with Gasteiger partial charge in [-0.3, -0.25) is 4.98 Å². The van der Waals surface area contributed by atoms with Crippen molar-refractivity contribution in [3.05, 3.63) is 46.6 Å². The third-order valence-corrected chi connectivity index (χ3v) is 6.35. The molecule has 1 aromatic carbocycles. The van der Waals surface area contributed by atoms with Crippen molar-refractivity contribution in [2.24, 2.45) is 11.3 Å². The van der Waals surface area contributed by atoms with Crippen LogP contribution in [-0.2, 0) is 11.2 Å². The van der Waals surface area contributed by atoms with E-state index in [1.165, 1.54) is 5.56 Å². The molecule has 2 aromatic rings. The van der Waals surface area contributed by atoms with Crippen LogP contribution >= 0.6 is 22.9 Å². The fourth-order valence-corrected chi connectivity index (χ4v) is 4.46. The Morgan fingerprint density at radius 2 is 2.24 bits per heavy atom. The standard InChI is InChI=1S/C20H27ClN2OS/c1-15(2)18-12-20(8-10-24-18,7-9-23-19-13-22-14-25-19)11-16-5-3-4-6-17(16)21/h3-6,13-15,18,23H,7-12H2,1-2H3/t18-,20+/m1/s1. The van der Waals surface area contributed by atoms with Crippen LogP contribution in [-0.4, -0.2) is 24.2 Å². The van der Waals surface area contributed by atoms with Crippen molar-refractivity contribution >= 4 is 27.9 Å². The highest BCUT2D eigenvalue weighted by Gasteiger charge is 2.38. The van der Waals surface area contributed by atoms with Crippen molar-refractivity contribution in [2.45, 2.75) is 45.6 Å². The van der Waals surface area contributed by atoms with Gasteiger partial charge < -0.3 is 10.1 Å². The van der Waals surface area contributed by atoms with Crippen LogP contribution in [0, 0.1) is 11.3 Å². The van der Waals surface area contributed by atoms with Gasteiger partial charge in [0.05, 0.1) is 17.8 Å². The summed E-state index contributed by atoms with van der Waals surface area (Å²) in [5, 5.41) is 5.54. The minimum atomic E-state index is 0.232. The molecule has 0 bridgehead atoms. The number of aromatic nitrogens is 1. The fourth-order valence-electron chi connectivity index (χ4n) is 3.72. The van der Waals surface area contributed by atoms with Crippen LogP contribution in [0.25, 0.3) is 0 Å². The third kappa shape index (κ3) is 4.96. The minimum absolute atomic E-state index is 0.232. The van der Waals surface area contributed by atoms with E-state index >= 15 is 0 Å². The zero-order valence-corrected chi connectivity index (χ0v) is 16.6. The SMILES string of the molecule is CC(C)[C@H]1C[C@](CCNc2cncs2)(Cc2ccccc2Cl)CCO1. The van der Waals surface area contributed by atoms with Gasteiger partial charge in [0.2, 0.25) is 0 Å². The van der Waals surface area contributed by atoms with Crippen LogP contribution in [0.3, 0.4) is 0 Å². The first-order chi connectivity index (χ1) is 12.1. The number of halogens is 1. The van der Waals surface area contributed by atoms with Crippen LogP contribution in [0.15, 0.2) is 36.0 Å². The summed E-state index contributed by atoms with van der Waals surface area (Å²) in [5.74, 6) is 0.542. The molecular weight excluding hydrogens is 352 g/mol. The Morgan fingerprint density at radius 1 is 1.40 bits per heavy atom. The van der Waals surface area contributed by atoms with Gasteiger partial charge in [-0.15, -0.1) is 11.3 Å². The van der Waals surface area contributed by atoms with E-state index in [0.717, 1.165) is 48.9 Å². The fraction of sp³-hybridized carbons (Fsp3) is 0.550. The number of hydrogen-bond donors (Lipinski definition) is 1. The van der Waals surface area contributed by atoms with Crippen molar-refractivity contribution < 1.29 is 4.74 Å². The first-order valence-electron chi connectivity index (χ1n) is 9.05. The van der Waals surface area contributed by atoms with Crippen LogP contribution in [0.1, 0.15) is 38.7 Å². The van der Waals surface area contributed by atoms with E-state index in [0.29, 0.717) is 12.0 Å². The maximum atomic E-state index is 6.47. The van der Waals surface area contributed by atoms with Crippen LogP contribution in [0.2, 0.25) is 5.02 Å². The lowest BCUT2D eigenvalue weighted by Crippen LogP contribution is -2.40. The Balaban J connectivity index is 1.74. The third-order valence-electron chi connectivity index (χ3n) is 5.25. The van der Waals surface area contributed by atoms with Gasteiger partial charge >= 0.3 is 0 Å². The second kappa shape index (κ2) is 8.52. The van der Waals surface area contributed by atoms with Gasteiger partial charge in [0.15, 0.2) is 0 Å². The number of nitrogens with one attached hydrogen (secondary N) is 1. The molecule has 0 aliphatic carbocycles. The second-order valence-electron chi connectivity index (χ2n) is 7.42. The number of hydrogen-bond acceptors (Lipinski definition) is 4. The van der Waals surface area contributed by atoms with Gasteiger partial charge in [0.25, 0.3) is 0 Å². The molecule has 1 fully saturated rings. The molecule has 5 heteroatoms. The average molecular weight is 379 g/mol. The summed E-state index contributed by atoms with van der Waals surface area (Å²) < 4.78 is 6.05. The number of thiazole rings is 1. The molecule has 3 rings (SSSR count). The molecule has 0 saturated carbocycles. The summed E-state index contributed by atoms with van der Waals surface area (Å²) >= 11 is 8.12. The first kappa shape index (κ1) is 18.7. The molecule has 1 saturated heterocycles. The van der Waals surface area contributed by atoms with Crippen LogP contribution < -0.4 is 5.32 Å². The van der Waals surface area contributed by atoms with Crippen molar-refractivity contribution in [1.29, 1.82) is 0 Å². The second-order valence-corrected chi connectivity index (χ2v) is 8.71. The van der Waals surface area contributed by atoms with Crippen LogP contribution in [0.4, 0.5) is 5.00 Å². The highest BCUT2D eigenvalue weighted by Crippen LogP contribution is 2.42. The molecule has 1 N–H and O–H groups in total. The van der Waals surface area contributed by atoms with Crippen molar-refractivity contribution in [2.75, 3.05) is 18.5 Å². The van der Waals surface area contributed by atoms with Crippen molar-refractivity contribution in [3.63, 3.8) is 0 Å². The molecule has 3 nitrogen and oxygen atoms in total. The summed E-state index contributed by atoms with van der Waals surface area (Å²) in [5.41, 5.74) is 3.35. The molecule has 0 amide bonds. The molecule has 1 aliphatic rings. The van der Waals surface area contributed by atoms with E-state index in [2.05, 4.69) is 36.3 Å². The lowest BCUT2D eigenvalue weighted by Gasteiger charge is -2.43. The van der Waals surface area contributed by atoms with Gasteiger partial charge in [0, 0.05) is 18.2 Å². The Kier molecular flexibility index (Phi) is 6.37. The van der Waals surface area contributed by atoms with Gasteiger partial charge in [-0.25, -0.2) is 0 Å². The zero-order chi connectivity index (χ0) is 17.7. The molecule has 0 spiro atoms. The molecule has 25 heavy (non-hydrogen) atoms. The van der Waals surface area contributed by atoms with Gasteiger partial charge in [-0.1, -0.05) is 43.6 Å². The number of anilines is 1. The summed E-state index contributed by atoms with van der Waals surface area (Å²) in [6, 6.07) is 8.26. The Hall–Kier alpha value is -1.10. The van der Waals surface area contributed by atoms with E-state index in [1.54, 1.807) is 11.3 Å². The van der Waals surface area contributed by atoms with E-state index in [4.69, 9.17) is 16.3 Å². The topological polar surface area (TPSA) is 34.2 Å². The highest BCUT2D eigenvalue weighted by molar-refractivity contribution is 7.13. The molecule has 136 valence electrons. The number of nitrogens with zero attached hydrogens (tertiary/aromatic N) is 1. The quantitative estimate of drug-likeness (QED) is 0.674. The predicted octanol–water partition coefficient (Wildman–Crippen LogP) is 5.66. The predicted molar refractivity (Wildman–Crippen MR) is 107 cm³/mol. The highest BCUT2D eigenvalue weighted by atomic mass is 35.5. The van der Waals surface area contributed by atoms with Gasteiger partial charge in [-0.2, -0.15) is 0 Å². The Labute approximate surface area is 159 Å². The lowest BCUT2D eigenvalue weighted by molar-refractivity contribution is -0.0711.